The highest BCUT2D eigenvalue weighted by atomic mass is 16.5. The van der Waals surface area contributed by atoms with Gasteiger partial charge in [0.05, 0.1) is 19.9 Å². The average Bonchev–Trinajstić information content (AvgIpc) is 2.87. The van der Waals surface area contributed by atoms with Crippen molar-refractivity contribution in [3.8, 4) is 22.8 Å². The highest BCUT2D eigenvalue weighted by Gasteiger charge is 2.28. The maximum atomic E-state index is 13.6. The number of rotatable bonds is 7. The average molecular weight is 476 g/mol. The van der Waals surface area contributed by atoms with Gasteiger partial charge in [-0.3, -0.25) is 9.59 Å². The number of nitrogens with one attached hydrogen (secondary N) is 1. The van der Waals surface area contributed by atoms with Gasteiger partial charge in [0.15, 0.2) is 11.5 Å². The Labute approximate surface area is 206 Å². The minimum atomic E-state index is -0.744. The maximum Gasteiger partial charge on any atom is 0.271 e. The van der Waals surface area contributed by atoms with E-state index in [1.165, 1.54) is 4.68 Å². The Morgan fingerprint density at radius 3 is 2.43 bits per heavy atom. The van der Waals surface area contributed by atoms with Crippen molar-refractivity contribution in [2.75, 3.05) is 19.5 Å². The third-order valence-corrected chi connectivity index (χ3v) is 6.71. The Morgan fingerprint density at radius 2 is 1.74 bits per heavy atom. The molecule has 1 heterocycles. The topological polar surface area (TPSA) is 82.4 Å². The van der Waals surface area contributed by atoms with Crippen molar-refractivity contribution in [3.63, 3.8) is 0 Å². The Morgan fingerprint density at radius 1 is 1.03 bits per heavy atom. The number of aromatic nitrogens is 2. The van der Waals surface area contributed by atoms with E-state index in [9.17, 15) is 9.59 Å². The van der Waals surface area contributed by atoms with E-state index in [4.69, 9.17) is 14.6 Å². The molecule has 3 aromatic rings. The fraction of sp³-hybridized carbons (Fsp3) is 0.393. The molecule has 7 heteroatoms. The lowest BCUT2D eigenvalue weighted by Gasteiger charge is -2.24. The summed E-state index contributed by atoms with van der Waals surface area (Å²) in [5, 5.41) is 7.78. The van der Waals surface area contributed by atoms with Crippen LogP contribution < -0.4 is 20.3 Å². The summed E-state index contributed by atoms with van der Waals surface area (Å²) >= 11 is 0. The van der Waals surface area contributed by atoms with E-state index in [1.54, 1.807) is 32.4 Å². The highest BCUT2D eigenvalue weighted by molar-refractivity contribution is 5.94. The standard InChI is InChI=1S/C28H33N3O4/c1-6-23(27(32)29-19-13-14-24(34-4)25(16-19)35-5)31-28(33)21-10-8-7-9-20(21)26(30-31)22-15-17(2)11-12-18(22)3/h11-16,23H,6-10H2,1-5H3,(H,29,32). The van der Waals surface area contributed by atoms with Crippen LogP contribution in [0, 0.1) is 13.8 Å². The Kier molecular flexibility index (Phi) is 7.24. The zero-order valence-corrected chi connectivity index (χ0v) is 21.1. The van der Waals surface area contributed by atoms with Crippen molar-refractivity contribution in [2.45, 2.75) is 58.9 Å². The summed E-state index contributed by atoms with van der Waals surface area (Å²) in [7, 11) is 3.11. The Balaban J connectivity index is 1.78. The van der Waals surface area contributed by atoms with Crippen molar-refractivity contribution in [1.29, 1.82) is 0 Å². The van der Waals surface area contributed by atoms with Crippen LogP contribution in [0.1, 0.15) is 54.5 Å². The summed E-state index contributed by atoms with van der Waals surface area (Å²) in [5.74, 6) is 0.792. The quantitative estimate of drug-likeness (QED) is 0.519. The lowest BCUT2D eigenvalue weighted by molar-refractivity contribution is -0.119. The summed E-state index contributed by atoms with van der Waals surface area (Å²) in [6, 6.07) is 10.7. The zero-order valence-electron chi connectivity index (χ0n) is 21.1. The first-order valence-electron chi connectivity index (χ1n) is 12.1. The molecule has 0 saturated carbocycles. The monoisotopic (exact) mass is 475 g/mol. The van der Waals surface area contributed by atoms with Gasteiger partial charge in [-0.05, 0) is 75.3 Å². The molecule has 0 saturated heterocycles. The molecule has 0 radical (unpaired) electrons. The van der Waals surface area contributed by atoms with E-state index < -0.39 is 6.04 Å². The first kappa shape index (κ1) is 24.5. The van der Waals surface area contributed by atoms with Crippen LogP contribution in [0.2, 0.25) is 0 Å². The summed E-state index contributed by atoms with van der Waals surface area (Å²) in [6.45, 7) is 6.00. The molecule has 2 aromatic carbocycles. The Bertz CT molecular complexity index is 1310. The van der Waals surface area contributed by atoms with Crippen molar-refractivity contribution in [3.05, 3.63) is 69.0 Å². The molecule has 0 aliphatic heterocycles. The lowest BCUT2D eigenvalue weighted by atomic mass is 9.88. The van der Waals surface area contributed by atoms with Crippen molar-refractivity contribution in [2.24, 2.45) is 0 Å². The molecule has 0 spiro atoms. The van der Waals surface area contributed by atoms with Gasteiger partial charge in [0, 0.05) is 22.9 Å². The fourth-order valence-electron chi connectivity index (χ4n) is 4.78. The second-order valence-electron chi connectivity index (χ2n) is 9.06. The fourth-order valence-corrected chi connectivity index (χ4v) is 4.78. The number of amides is 1. The molecule has 1 aliphatic carbocycles. The normalized spacial score (nSPS) is 13.6. The van der Waals surface area contributed by atoms with E-state index in [0.29, 0.717) is 30.0 Å². The molecular weight excluding hydrogens is 442 g/mol. The van der Waals surface area contributed by atoms with Crippen LogP contribution in [0.15, 0.2) is 41.2 Å². The van der Waals surface area contributed by atoms with Crippen LogP contribution in [0.25, 0.3) is 11.3 Å². The number of hydrogen-bond acceptors (Lipinski definition) is 5. The van der Waals surface area contributed by atoms with Crippen LogP contribution >= 0.6 is 0 Å². The van der Waals surface area contributed by atoms with Crippen LogP contribution in [0.3, 0.4) is 0 Å². The zero-order chi connectivity index (χ0) is 25.1. The molecule has 0 bridgehead atoms. The maximum absolute atomic E-state index is 13.6. The lowest BCUT2D eigenvalue weighted by Crippen LogP contribution is -2.38. The Hall–Kier alpha value is -3.61. The third-order valence-electron chi connectivity index (χ3n) is 6.71. The largest absolute Gasteiger partial charge is 0.493 e. The molecule has 1 aliphatic rings. The number of fused-ring (bicyclic) bond motifs is 1. The number of nitrogens with zero attached hydrogens (tertiary/aromatic N) is 2. The number of hydrogen-bond donors (Lipinski definition) is 1. The van der Waals surface area contributed by atoms with E-state index in [1.807, 2.05) is 6.92 Å². The SMILES string of the molecule is CCC(C(=O)Nc1ccc(OC)c(OC)c1)n1nc(-c2cc(C)ccc2C)c2c(c1=O)CCCC2. The van der Waals surface area contributed by atoms with E-state index in [-0.39, 0.29) is 11.5 Å². The van der Waals surface area contributed by atoms with E-state index in [0.717, 1.165) is 52.8 Å². The van der Waals surface area contributed by atoms with Gasteiger partial charge in [0.25, 0.3) is 5.56 Å². The summed E-state index contributed by atoms with van der Waals surface area (Å²) in [4.78, 5) is 27.0. The molecule has 1 unspecified atom stereocenters. The second kappa shape index (κ2) is 10.3. The smallest absolute Gasteiger partial charge is 0.271 e. The van der Waals surface area contributed by atoms with E-state index >= 15 is 0 Å². The van der Waals surface area contributed by atoms with Gasteiger partial charge in [-0.15, -0.1) is 0 Å². The van der Waals surface area contributed by atoms with Crippen LogP contribution in [-0.2, 0) is 17.6 Å². The number of anilines is 1. The molecule has 7 nitrogen and oxygen atoms in total. The number of methoxy groups -OCH3 is 2. The molecule has 0 fully saturated rings. The molecule has 1 amide bonds. The first-order chi connectivity index (χ1) is 16.9. The molecule has 1 N–H and O–H groups in total. The number of aryl methyl sites for hydroxylation is 2. The van der Waals surface area contributed by atoms with Gasteiger partial charge < -0.3 is 14.8 Å². The van der Waals surface area contributed by atoms with Crippen LogP contribution in [0.4, 0.5) is 5.69 Å². The first-order valence-corrected chi connectivity index (χ1v) is 12.1. The predicted molar refractivity (Wildman–Crippen MR) is 138 cm³/mol. The predicted octanol–water partition coefficient (Wildman–Crippen LogP) is 5.01. The summed E-state index contributed by atoms with van der Waals surface area (Å²) in [6.07, 6.45) is 3.97. The molecular formula is C28H33N3O4. The van der Waals surface area contributed by atoms with Crippen molar-refractivity contribution >= 4 is 11.6 Å². The molecule has 1 atom stereocenters. The summed E-state index contributed by atoms with van der Waals surface area (Å²) in [5.41, 5.74) is 6.29. The second-order valence-corrected chi connectivity index (χ2v) is 9.06. The van der Waals surface area contributed by atoms with E-state index in [2.05, 4.69) is 37.4 Å². The van der Waals surface area contributed by atoms with Crippen LogP contribution in [-0.4, -0.2) is 29.9 Å². The number of benzene rings is 2. The van der Waals surface area contributed by atoms with Gasteiger partial charge in [0.2, 0.25) is 5.91 Å². The highest BCUT2D eigenvalue weighted by Crippen LogP contribution is 2.32. The number of carbonyl (C=O) groups is 1. The van der Waals surface area contributed by atoms with Crippen molar-refractivity contribution in [1.82, 2.24) is 9.78 Å². The molecule has 4 rings (SSSR count). The minimum absolute atomic E-state index is 0.164. The van der Waals surface area contributed by atoms with Gasteiger partial charge in [-0.25, -0.2) is 4.68 Å². The molecule has 184 valence electrons. The molecule has 35 heavy (non-hydrogen) atoms. The van der Waals surface area contributed by atoms with Gasteiger partial charge in [-0.1, -0.05) is 24.6 Å². The number of ether oxygens (including phenoxy) is 2. The minimum Gasteiger partial charge on any atom is -0.493 e. The van der Waals surface area contributed by atoms with Gasteiger partial charge in [-0.2, -0.15) is 5.10 Å². The number of carbonyl (C=O) groups excluding carboxylic acids is 1. The van der Waals surface area contributed by atoms with Crippen LogP contribution in [0.5, 0.6) is 11.5 Å². The van der Waals surface area contributed by atoms with Crippen molar-refractivity contribution < 1.29 is 14.3 Å². The third kappa shape index (κ3) is 4.81. The molecule has 1 aromatic heterocycles. The van der Waals surface area contributed by atoms with Gasteiger partial charge in [0.1, 0.15) is 6.04 Å². The van der Waals surface area contributed by atoms with Gasteiger partial charge >= 0.3 is 0 Å². The summed E-state index contributed by atoms with van der Waals surface area (Å²) < 4.78 is 12.0.